The average Bonchev–Trinajstić information content (AvgIpc) is 2.36. The lowest BCUT2D eigenvalue weighted by molar-refractivity contribution is -0.00633. The van der Waals surface area contributed by atoms with Crippen LogP contribution >= 0.6 is 0 Å². The molecular weight excluding hydrogens is 226 g/mol. The van der Waals surface area contributed by atoms with E-state index in [0.29, 0.717) is 18.8 Å². The molecule has 1 aromatic carbocycles. The van der Waals surface area contributed by atoms with E-state index < -0.39 is 5.60 Å². The summed E-state index contributed by atoms with van der Waals surface area (Å²) in [6.07, 6.45) is 3.97. The first kappa shape index (κ1) is 13.4. The highest BCUT2D eigenvalue weighted by Gasteiger charge is 2.31. The largest absolute Gasteiger partial charge is 0.508 e. The van der Waals surface area contributed by atoms with E-state index in [4.69, 9.17) is 0 Å². The van der Waals surface area contributed by atoms with Gasteiger partial charge < -0.3 is 15.5 Å². The molecule has 0 saturated heterocycles. The summed E-state index contributed by atoms with van der Waals surface area (Å²) in [5, 5.41) is 23.3. The fraction of sp³-hybridized carbons (Fsp3) is 0.600. The van der Waals surface area contributed by atoms with Crippen molar-refractivity contribution in [3.8, 4) is 5.75 Å². The number of aliphatic hydroxyl groups is 1. The van der Waals surface area contributed by atoms with Crippen molar-refractivity contribution in [2.45, 2.75) is 44.8 Å². The summed E-state index contributed by atoms with van der Waals surface area (Å²) >= 11 is 0. The van der Waals surface area contributed by atoms with Crippen LogP contribution in [0.15, 0.2) is 24.3 Å². The zero-order chi connectivity index (χ0) is 13.0. The van der Waals surface area contributed by atoms with Gasteiger partial charge in [-0.3, -0.25) is 0 Å². The Morgan fingerprint density at radius 3 is 2.61 bits per heavy atom. The summed E-state index contributed by atoms with van der Waals surface area (Å²) in [5.41, 5.74) is 0.321. The molecule has 100 valence electrons. The normalized spacial score (nSPS) is 28.2. The minimum absolute atomic E-state index is 0.314. The fourth-order valence-corrected chi connectivity index (χ4v) is 2.57. The Morgan fingerprint density at radius 1 is 1.28 bits per heavy atom. The van der Waals surface area contributed by atoms with Crippen LogP contribution in [0, 0.1) is 5.92 Å². The third-order valence-electron chi connectivity index (χ3n) is 3.97. The molecule has 0 unspecified atom stereocenters. The molecule has 2 rings (SSSR count). The summed E-state index contributed by atoms with van der Waals surface area (Å²) in [5.74, 6) is 1.05. The number of hydrogen-bond acceptors (Lipinski definition) is 3. The van der Waals surface area contributed by atoms with Gasteiger partial charge in [0.2, 0.25) is 0 Å². The predicted molar refractivity (Wildman–Crippen MR) is 72.4 cm³/mol. The molecule has 18 heavy (non-hydrogen) atoms. The van der Waals surface area contributed by atoms with Gasteiger partial charge in [0, 0.05) is 18.7 Å². The number of hydrogen-bond donors (Lipinski definition) is 3. The van der Waals surface area contributed by atoms with Gasteiger partial charge in [0.25, 0.3) is 0 Å². The Hall–Kier alpha value is -1.06. The standard InChI is InChI=1S/C15H23NO2/c1-12-6-8-15(18,9-7-12)11-16-10-13-4-2-3-5-14(13)17/h2-5,12,16-18H,6-11H2,1H3. The molecule has 0 amide bonds. The molecule has 1 aliphatic rings. The molecular formula is C15H23NO2. The Labute approximate surface area is 109 Å². The molecule has 0 spiro atoms. The molecule has 1 fully saturated rings. The van der Waals surface area contributed by atoms with Gasteiger partial charge in [-0.2, -0.15) is 0 Å². The minimum Gasteiger partial charge on any atom is -0.508 e. The molecule has 0 aliphatic heterocycles. The van der Waals surface area contributed by atoms with Crippen LogP contribution in [0.2, 0.25) is 0 Å². The lowest BCUT2D eigenvalue weighted by atomic mass is 9.79. The summed E-state index contributed by atoms with van der Waals surface area (Å²) in [7, 11) is 0. The number of nitrogens with one attached hydrogen (secondary N) is 1. The average molecular weight is 249 g/mol. The molecule has 0 bridgehead atoms. The zero-order valence-electron chi connectivity index (χ0n) is 11.0. The van der Waals surface area contributed by atoms with Crippen LogP contribution in [-0.4, -0.2) is 22.4 Å². The second kappa shape index (κ2) is 5.72. The van der Waals surface area contributed by atoms with Gasteiger partial charge in [-0.1, -0.05) is 25.1 Å². The topological polar surface area (TPSA) is 52.5 Å². The van der Waals surface area contributed by atoms with E-state index in [-0.39, 0.29) is 0 Å². The highest BCUT2D eigenvalue weighted by Crippen LogP contribution is 2.31. The van der Waals surface area contributed by atoms with E-state index in [2.05, 4.69) is 12.2 Å². The third-order valence-corrected chi connectivity index (χ3v) is 3.97. The quantitative estimate of drug-likeness (QED) is 0.768. The molecule has 0 radical (unpaired) electrons. The molecule has 0 aromatic heterocycles. The molecule has 1 aliphatic carbocycles. The number of benzene rings is 1. The van der Waals surface area contributed by atoms with E-state index in [9.17, 15) is 10.2 Å². The molecule has 1 aromatic rings. The molecule has 3 heteroatoms. The van der Waals surface area contributed by atoms with Crippen molar-refractivity contribution < 1.29 is 10.2 Å². The summed E-state index contributed by atoms with van der Waals surface area (Å²) < 4.78 is 0. The van der Waals surface area contributed by atoms with Crippen LogP contribution in [0.1, 0.15) is 38.2 Å². The monoisotopic (exact) mass is 249 g/mol. The zero-order valence-corrected chi connectivity index (χ0v) is 11.0. The van der Waals surface area contributed by atoms with E-state index in [1.165, 1.54) is 0 Å². The van der Waals surface area contributed by atoms with Crippen molar-refractivity contribution in [3.63, 3.8) is 0 Å². The molecule has 3 N–H and O–H groups in total. The fourth-order valence-electron chi connectivity index (χ4n) is 2.57. The summed E-state index contributed by atoms with van der Waals surface area (Å²) in [6.45, 7) is 3.45. The maximum Gasteiger partial charge on any atom is 0.120 e. The van der Waals surface area contributed by atoms with Crippen molar-refractivity contribution in [3.05, 3.63) is 29.8 Å². The smallest absolute Gasteiger partial charge is 0.120 e. The van der Waals surface area contributed by atoms with Crippen LogP contribution in [0.5, 0.6) is 5.75 Å². The number of aromatic hydroxyl groups is 1. The molecule has 3 nitrogen and oxygen atoms in total. The Bertz CT molecular complexity index is 384. The molecule has 0 atom stereocenters. The predicted octanol–water partition coefficient (Wildman–Crippen LogP) is 2.42. The van der Waals surface area contributed by atoms with Gasteiger partial charge in [-0.15, -0.1) is 0 Å². The Morgan fingerprint density at radius 2 is 1.94 bits per heavy atom. The summed E-state index contributed by atoms with van der Waals surface area (Å²) in [6, 6.07) is 7.31. The van der Waals surface area contributed by atoms with E-state index >= 15 is 0 Å². The molecule has 1 saturated carbocycles. The minimum atomic E-state index is -0.559. The van der Waals surface area contributed by atoms with E-state index in [1.807, 2.05) is 18.2 Å². The lowest BCUT2D eigenvalue weighted by Gasteiger charge is -2.35. The first-order valence-corrected chi connectivity index (χ1v) is 6.79. The van der Waals surface area contributed by atoms with Crippen LogP contribution < -0.4 is 5.32 Å². The van der Waals surface area contributed by atoms with Crippen molar-refractivity contribution >= 4 is 0 Å². The third kappa shape index (κ3) is 3.47. The summed E-state index contributed by atoms with van der Waals surface area (Å²) in [4.78, 5) is 0. The van der Waals surface area contributed by atoms with Crippen LogP contribution in [0.4, 0.5) is 0 Å². The first-order valence-electron chi connectivity index (χ1n) is 6.79. The van der Waals surface area contributed by atoms with Gasteiger partial charge in [0.05, 0.1) is 5.60 Å². The van der Waals surface area contributed by atoms with Gasteiger partial charge >= 0.3 is 0 Å². The number of phenols is 1. The highest BCUT2D eigenvalue weighted by atomic mass is 16.3. The Kier molecular flexibility index (Phi) is 4.25. The number of para-hydroxylation sites is 1. The second-order valence-electron chi connectivity index (χ2n) is 5.64. The van der Waals surface area contributed by atoms with E-state index in [1.54, 1.807) is 6.07 Å². The van der Waals surface area contributed by atoms with Crippen LogP contribution in [0.25, 0.3) is 0 Å². The van der Waals surface area contributed by atoms with Crippen molar-refractivity contribution in [2.24, 2.45) is 5.92 Å². The maximum atomic E-state index is 10.4. The molecule has 0 heterocycles. The lowest BCUT2D eigenvalue weighted by Crippen LogP contribution is -2.43. The van der Waals surface area contributed by atoms with Gasteiger partial charge in [0.1, 0.15) is 5.75 Å². The first-order chi connectivity index (χ1) is 8.59. The van der Waals surface area contributed by atoms with Crippen molar-refractivity contribution in [1.82, 2.24) is 5.32 Å². The number of rotatable bonds is 4. The van der Waals surface area contributed by atoms with Crippen molar-refractivity contribution in [1.29, 1.82) is 0 Å². The van der Waals surface area contributed by atoms with Gasteiger partial charge in [0.15, 0.2) is 0 Å². The highest BCUT2D eigenvalue weighted by molar-refractivity contribution is 5.31. The number of phenolic OH excluding ortho intramolecular Hbond substituents is 1. The van der Waals surface area contributed by atoms with Crippen molar-refractivity contribution in [2.75, 3.05) is 6.54 Å². The Balaban J connectivity index is 1.80. The maximum absolute atomic E-state index is 10.4. The SMILES string of the molecule is CC1CCC(O)(CNCc2ccccc2O)CC1. The van der Waals surface area contributed by atoms with Gasteiger partial charge in [-0.05, 0) is 37.7 Å². The van der Waals surface area contributed by atoms with E-state index in [0.717, 1.165) is 37.2 Å². The van der Waals surface area contributed by atoms with Crippen LogP contribution in [-0.2, 0) is 6.54 Å². The second-order valence-corrected chi connectivity index (χ2v) is 5.64. The van der Waals surface area contributed by atoms with Gasteiger partial charge in [-0.25, -0.2) is 0 Å². The van der Waals surface area contributed by atoms with Crippen LogP contribution in [0.3, 0.4) is 0 Å².